The minimum Gasteiger partial charge on any atom is -0.494 e. The van der Waals surface area contributed by atoms with Gasteiger partial charge < -0.3 is 4.74 Å². The van der Waals surface area contributed by atoms with Crippen LogP contribution in [0.4, 0.5) is 0 Å². The van der Waals surface area contributed by atoms with E-state index in [9.17, 15) is 9.59 Å². The molecule has 16 heavy (non-hydrogen) atoms. The van der Waals surface area contributed by atoms with E-state index in [-0.39, 0.29) is 5.33 Å². The van der Waals surface area contributed by atoms with Crippen LogP contribution in [0.2, 0.25) is 0 Å². The van der Waals surface area contributed by atoms with Crippen LogP contribution in [0.3, 0.4) is 0 Å². The summed E-state index contributed by atoms with van der Waals surface area (Å²) < 4.78 is 5.35. The Morgan fingerprint density at radius 2 is 2.06 bits per heavy atom. The number of carbonyl (C=O) groups excluding carboxylic acids is 2. The quantitative estimate of drug-likeness (QED) is 0.474. The van der Waals surface area contributed by atoms with Crippen LogP contribution >= 0.6 is 15.9 Å². The highest BCUT2D eigenvalue weighted by Gasteiger charge is 2.15. The topological polar surface area (TPSA) is 43.4 Å². The third kappa shape index (κ3) is 2.92. The van der Waals surface area contributed by atoms with E-state index in [0.717, 1.165) is 11.3 Å². The first kappa shape index (κ1) is 12.9. The predicted octanol–water partition coefficient (Wildman–Crippen LogP) is 2.54. The van der Waals surface area contributed by atoms with Gasteiger partial charge in [0.1, 0.15) is 5.75 Å². The smallest absolute Gasteiger partial charge is 0.229 e. The Morgan fingerprint density at radius 3 is 2.56 bits per heavy atom. The molecule has 1 rings (SSSR count). The molecule has 0 atom stereocenters. The number of hydrogen-bond acceptors (Lipinski definition) is 3. The number of Topliss-reactive ketones (excluding diaryl/α,β-unsaturated/α-hetero) is 2. The first-order valence-electron chi connectivity index (χ1n) is 4.97. The number of ketones is 2. The maximum absolute atomic E-state index is 11.6. The van der Waals surface area contributed by atoms with E-state index in [0.29, 0.717) is 12.2 Å². The number of ether oxygens (including phenoxy) is 1. The van der Waals surface area contributed by atoms with E-state index in [2.05, 4.69) is 15.9 Å². The zero-order chi connectivity index (χ0) is 12.1. The minimum absolute atomic E-state index is 0.0537. The lowest BCUT2D eigenvalue weighted by Gasteiger charge is -2.07. The molecule has 0 N–H and O–H groups in total. The molecule has 0 heterocycles. The lowest BCUT2D eigenvalue weighted by atomic mass is 10.1. The van der Waals surface area contributed by atoms with E-state index in [1.807, 2.05) is 13.8 Å². The fourth-order valence-corrected chi connectivity index (χ4v) is 1.58. The van der Waals surface area contributed by atoms with Gasteiger partial charge >= 0.3 is 0 Å². The summed E-state index contributed by atoms with van der Waals surface area (Å²) in [6.45, 7) is 4.32. The maximum atomic E-state index is 11.6. The van der Waals surface area contributed by atoms with Gasteiger partial charge in [0, 0.05) is 5.56 Å². The Morgan fingerprint density at radius 1 is 1.38 bits per heavy atom. The first-order chi connectivity index (χ1) is 7.60. The second-order valence-electron chi connectivity index (χ2n) is 3.30. The van der Waals surface area contributed by atoms with E-state index in [4.69, 9.17) is 4.74 Å². The molecule has 0 saturated carbocycles. The Balaban J connectivity index is 2.97. The van der Waals surface area contributed by atoms with Gasteiger partial charge in [-0.2, -0.15) is 0 Å². The molecule has 0 bridgehead atoms. The molecule has 3 nitrogen and oxygen atoms in total. The van der Waals surface area contributed by atoms with Crippen molar-refractivity contribution in [2.24, 2.45) is 0 Å². The zero-order valence-electron chi connectivity index (χ0n) is 9.25. The van der Waals surface area contributed by atoms with Crippen molar-refractivity contribution in [3.8, 4) is 5.75 Å². The lowest BCUT2D eigenvalue weighted by Crippen LogP contribution is -2.15. The van der Waals surface area contributed by atoms with Gasteiger partial charge in [0.15, 0.2) is 0 Å². The van der Waals surface area contributed by atoms with Crippen molar-refractivity contribution >= 4 is 27.5 Å². The molecule has 0 aliphatic carbocycles. The number of halogens is 1. The van der Waals surface area contributed by atoms with E-state index in [1.165, 1.54) is 0 Å². The molecule has 1 aromatic rings. The fraction of sp³-hybridized carbons (Fsp3) is 0.333. The van der Waals surface area contributed by atoms with Crippen molar-refractivity contribution < 1.29 is 14.3 Å². The molecule has 0 spiro atoms. The van der Waals surface area contributed by atoms with Crippen molar-refractivity contribution in [2.75, 3.05) is 11.9 Å². The molecule has 0 saturated heterocycles. The largest absolute Gasteiger partial charge is 0.494 e. The average molecular weight is 285 g/mol. The van der Waals surface area contributed by atoms with Gasteiger partial charge in [0.2, 0.25) is 11.6 Å². The van der Waals surface area contributed by atoms with Crippen molar-refractivity contribution in [1.29, 1.82) is 0 Å². The molecule has 0 aliphatic heterocycles. The molecule has 0 radical (unpaired) electrons. The van der Waals surface area contributed by atoms with Crippen LogP contribution in [0.15, 0.2) is 18.2 Å². The number of benzene rings is 1. The number of aryl methyl sites for hydroxylation is 1. The van der Waals surface area contributed by atoms with Crippen LogP contribution in [0.5, 0.6) is 5.75 Å². The molecular formula is C12H13BrO3. The van der Waals surface area contributed by atoms with E-state index >= 15 is 0 Å². The molecule has 4 heteroatoms. The highest BCUT2D eigenvalue weighted by atomic mass is 79.9. The summed E-state index contributed by atoms with van der Waals surface area (Å²) in [7, 11) is 0. The summed E-state index contributed by atoms with van der Waals surface area (Å²) in [5.74, 6) is -0.170. The molecule has 0 aromatic heterocycles. The fourth-order valence-electron chi connectivity index (χ4n) is 1.33. The number of hydrogen-bond donors (Lipinski definition) is 0. The van der Waals surface area contributed by atoms with Crippen LogP contribution in [-0.2, 0) is 4.79 Å². The van der Waals surface area contributed by atoms with Gasteiger partial charge in [-0.05, 0) is 37.6 Å². The first-order valence-corrected chi connectivity index (χ1v) is 6.09. The summed E-state index contributed by atoms with van der Waals surface area (Å²) >= 11 is 2.98. The third-order valence-corrected chi connectivity index (χ3v) is 2.62. The van der Waals surface area contributed by atoms with Gasteiger partial charge in [-0.1, -0.05) is 15.9 Å². The second kappa shape index (κ2) is 5.80. The van der Waals surface area contributed by atoms with Crippen LogP contribution in [-0.4, -0.2) is 23.5 Å². The number of alkyl halides is 1. The van der Waals surface area contributed by atoms with Gasteiger partial charge in [-0.15, -0.1) is 0 Å². The highest BCUT2D eigenvalue weighted by molar-refractivity contribution is 9.09. The van der Waals surface area contributed by atoms with E-state index in [1.54, 1.807) is 18.2 Å². The van der Waals surface area contributed by atoms with Crippen LogP contribution in [0.1, 0.15) is 22.8 Å². The monoisotopic (exact) mass is 284 g/mol. The molecule has 0 unspecified atom stereocenters. The third-order valence-electron chi connectivity index (χ3n) is 2.11. The molecule has 0 amide bonds. The Labute approximate surface area is 103 Å². The van der Waals surface area contributed by atoms with E-state index < -0.39 is 11.6 Å². The van der Waals surface area contributed by atoms with Gasteiger partial charge in [-0.25, -0.2) is 0 Å². The summed E-state index contributed by atoms with van der Waals surface area (Å²) in [5.41, 5.74) is 1.26. The molecule has 1 aromatic carbocycles. The molecule has 86 valence electrons. The number of rotatable bonds is 5. The Hall–Kier alpha value is -1.16. The SMILES string of the molecule is CCOc1ccc(C(=O)C(=O)CBr)cc1C. The van der Waals surface area contributed by atoms with Gasteiger partial charge in [0.25, 0.3) is 0 Å². The summed E-state index contributed by atoms with van der Waals surface area (Å²) in [4.78, 5) is 22.8. The van der Waals surface area contributed by atoms with Gasteiger partial charge in [0.05, 0.1) is 11.9 Å². The Kier molecular flexibility index (Phi) is 4.68. The molecule has 0 aliphatic rings. The van der Waals surface area contributed by atoms with Gasteiger partial charge in [-0.3, -0.25) is 9.59 Å². The Bertz CT molecular complexity index is 413. The molecular weight excluding hydrogens is 272 g/mol. The summed E-state index contributed by atoms with van der Waals surface area (Å²) in [5, 5.41) is 0.0537. The van der Waals surface area contributed by atoms with Crippen molar-refractivity contribution in [3.05, 3.63) is 29.3 Å². The lowest BCUT2D eigenvalue weighted by molar-refractivity contribution is -0.112. The normalized spacial score (nSPS) is 9.94. The minimum atomic E-state index is -0.469. The average Bonchev–Trinajstić information content (AvgIpc) is 2.30. The van der Waals surface area contributed by atoms with Crippen LogP contribution in [0.25, 0.3) is 0 Å². The predicted molar refractivity (Wildman–Crippen MR) is 65.5 cm³/mol. The van der Waals surface area contributed by atoms with Crippen molar-refractivity contribution in [3.63, 3.8) is 0 Å². The zero-order valence-corrected chi connectivity index (χ0v) is 10.8. The number of carbonyl (C=O) groups is 2. The standard InChI is InChI=1S/C12H13BrO3/c1-3-16-11-5-4-9(6-8(11)2)12(15)10(14)7-13/h4-6H,3,7H2,1-2H3. The second-order valence-corrected chi connectivity index (χ2v) is 3.86. The van der Waals surface area contributed by atoms with Crippen LogP contribution in [0, 0.1) is 6.92 Å². The van der Waals surface area contributed by atoms with Crippen molar-refractivity contribution in [1.82, 2.24) is 0 Å². The van der Waals surface area contributed by atoms with Crippen molar-refractivity contribution in [2.45, 2.75) is 13.8 Å². The summed E-state index contributed by atoms with van der Waals surface area (Å²) in [6, 6.07) is 5.00. The maximum Gasteiger partial charge on any atom is 0.229 e. The van der Waals surface area contributed by atoms with Crippen LogP contribution < -0.4 is 4.74 Å². The molecule has 0 fully saturated rings. The highest BCUT2D eigenvalue weighted by Crippen LogP contribution is 2.19. The summed E-state index contributed by atoms with van der Waals surface area (Å²) in [6.07, 6.45) is 0.